The van der Waals surface area contributed by atoms with E-state index in [4.69, 9.17) is 4.74 Å². The Kier molecular flexibility index (Phi) is 6.60. The van der Waals surface area contributed by atoms with E-state index >= 15 is 0 Å². The Morgan fingerprint density at radius 1 is 1.33 bits per heavy atom. The maximum atomic E-state index is 11.5. The van der Waals surface area contributed by atoms with Crippen LogP contribution in [0.25, 0.3) is 0 Å². The second kappa shape index (κ2) is 7.46. The van der Waals surface area contributed by atoms with Crippen molar-refractivity contribution in [2.24, 2.45) is 17.8 Å². The van der Waals surface area contributed by atoms with Gasteiger partial charge in [0.25, 0.3) is 0 Å². The van der Waals surface area contributed by atoms with E-state index in [1.165, 1.54) is 0 Å². The Labute approximate surface area is 111 Å². The standard InChI is InChI=1S/C13H27NO3S/c1-11(2)8-14-9-12(4-6-17-3)13-5-7-18(15,16)10-13/h11-14H,4-10H2,1-3H3. The van der Waals surface area contributed by atoms with Gasteiger partial charge in [-0.3, -0.25) is 0 Å². The van der Waals surface area contributed by atoms with Crippen LogP contribution in [0, 0.1) is 17.8 Å². The first-order valence-corrected chi connectivity index (χ1v) is 8.67. The largest absolute Gasteiger partial charge is 0.385 e. The van der Waals surface area contributed by atoms with Gasteiger partial charge in [0, 0.05) is 13.7 Å². The molecule has 2 unspecified atom stereocenters. The topological polar surface area (TPSA) is 55.4 Å². The molecule has 5 heteroatoms. The molecule has 1 aliphatic heterocycles. The Balaban J connectivity index is 2.45. The second-order valence-electron chi connectivity index (χ2n) is 5.76. The summed E-state index contributed by atoms with van der Waals surface area (Å²) in [7, 11) is -1.08. The van der Waals surface area contributed by atoms with Crippen molar-refractivity contribution in [1.82, 2.24) is 5.32 Å². The van der Waals surface area contributed by atoms with Gasteiger partial charge in [0.2, 0.25) is 0 Å². The smallest absolute Gasteiger partial charge is 0.150 e. The third kappa shape index (κ3) is 5.67. The normalized spacial score (nSPS) is 24.6. The molecule has 4 nitrogen and oxygen atoms in total. The van der Waals surface area contributed by atoms with Crippen molar-refractivity contribution < 1.29 is 13.2 Å². The van der Waals surface area contributed by atoms with E-state index in [0.717, 1.165) is 25.9 Å². The van der Waals surface area contributed by atoms with Gasteiger partial charge in [0.15, 0.2) is 9.84 Å². The average molecular weight is 277 g/mol. The van der Waals surface area contributed by atoms with Crippen LogP contribution in [0.15, 0.2) is 0 Å². The first-order valence-electron chi connectivity index (χ1n) is 6.84. The molecule has 0 amide bonds. The summed E-state index contributed by atoms with van der Waals surface area (Å²) in [4.78, 5) is 0. The number of hydrogen-bond donors (Lipinski definition) is 1. The number of ether oxygens (including phenoxy) is 1. The van der Waals surface area contributed by atoms with Gasteiger partial charge in [-0.05, 0) is 43.7 Å². The highest BCUT2D eigenvalue weighted by Gasteiger charge is 2.33. The van der Waals surface area contributed by atoms with Crippen molar-refractivity contribution >= 4 is 9.84 Å². The van der Waals surface area contributed by atoms with Gasteiger partial charge in [0.1, 0.15) is 0 Å². The number of sulfone groups is 1. The molecule has 108 valence electrons. The minimum Gasteiger partial charge on any atom is -0.385 e. The van der Waals surface area contributed by atoms with Gasteiger partial charge < -0.3 is 10.1 Å². The zero-order valence-corrected chi connectivity index (χ0v) is 12.6. The van der Waals surface area contributed by atoms with Crippen LogP contribution in [-0.2, 0) is 14.6 Å². The second-order valence-corrected chi connectivity index (χ2v) is 7.99. The quantitative estimate of drug-likeness (QED) is 0.727. The van der Waals surface area contributed by atoms with E-state index < -0.39 is 9.84 Å². The van der Waals surface area contributed by atoms with Gasteiger partial charge in [0.05, 0.1) is 11.5 Å². The Hall–Kier alpha value is -0.130. The van der Waals surface area contributed by atoms with Crippen LogP contribution in [0.2, 0.25) is 0 Å². The van der Waals surface area contributed by atoms with Gasteiger partial charge in [-0.15, -0.1) is 0 Å². The minimum atomic E-state index is -2.78. The molecule has 0 aromatic carbocycles. The zero-order valence-electron chi connectivity index (χ0n) is 11.8. The van der Waals surface area contributed by atoms with Crippen LogP contribution in [0.4, 0.5) is 0 Å². The lowest BCUT2D eigenvalue weighted by Crippen LogP contribution is -2.32. The summed E-state index contributed by atoms with van der Waals surface area (Å²) in [6.07, 6.45) is 1.77. The predicted molar refractivity (Wildman–Crippen MR) is 74.5 cm³/mol. The Bertz CT molecular complexity index is 327. The van der Waals surface area contributed by atoms with Crippen LogP contribution in [0.1, 0.15) is 26.7 Å². The molecule has 0 aromatic heterocycles. The number of rotatable bonds is 8. The average Bonchev–Trinajstić information content (AvgIpc) is 2.63. The van der Waals surface area contributed by atoms with Gasteiger partial charge in [-0.1, -0.05) is 13.8 Å². The van der Waals surface area contributed by atoms with Crippen LogP contribution in [0.5, 0.6) is 0 Å². The van der Waals surface area contributed by atoms with Crippen molar-refractivity contribution in [1.29, 1.82) is 0 Å². The molecule has 1 rings (SSSR count). The van der Waals surface area contributed by atoms with Crippen LogP contribution in [0.3, 0.4) is 0 Å². The number of methoxy groups -OCH3 is 1. The van der Waals surface area contributed by atoms with E-state index in [2.05, 4.69) is 19.2 Å². The molecule has 0 aromatic rings. The highest BCUT2D eigenvalue weighted by atomic mass is 32.2. The van der Waals surface area contributed by atoms with E-state index in [-0.39, 0.29) is 0 Å². The van der Waals surface area contributed by atoms with Gasteiger partial charge in [-0.25, -0.2) is 8.42 Å². The SMILES string of the molecule is COCCC(CNCC(C)C)C1CCS(=O)(=O)C1. The molecule has 1 aliphatic rings. The first kappa shape index (κ1) is 15.9. The molecule has 2 atom stereocenters. The number of hydrogen-bond acceptors (Lipinski definition) is 4. The van der Waals surface area contributed by atoms with Gasteiger partial charge >= 0.3 is 0 Å². The van der Waals surface area contributed by atoms with Crippen molar-refractivity contribution in [3.63, 3.8) is 0 Å². The Morgan fingerprint density at radius 2 is 2.06 bits per heavy atom. The highest BCUT2D eigenvalue weighted by Crippen LogP contribution is 2.27. The third-order valence-electron chi connectivity index (χ3n) is 3.59. The molecule has 0 saturated carbocycles. The van der Waals surface area contributed by atoms with E-state index in [0.29, 0.717) is 35.9 Å². The molecular formula is C13H27NO3S. The summed E-state index contributed by atoms with van der Waals surface area (Å²) < 4.78 is 28.2. The molecule has 0 spiro atoms. The molecule has 0 bridgehead atoms. The highest BCUT2D eigenvalue weighted by molar-refractivity contribution is 7.91. The van der Waals surface area contributed by atoms with E-state index in [9.17, 15) is 8.42 Å². The summed E-state index contributed by atoms with van der Waals surface area (Å²) in [5.41, 5.74) is 0. The maximum absolute atomic E-state index is 11.5. The predicted octanol–water partition coefficient (Wildman–Crippen LogP) is 1.32. The molecule has 0 radical (unpaired) electrons. The van der Waals surface area contributed by atoms with Crippen molar-refractivity contribution in [2.75, 3.05) is 38.3 Å². The van der Waals surface area contributed by atoms with Crippen LogP contribution < -0.4 is 5.32 Å². The summed E-state index contributed by atoms with van der Waals surface area (Å²) in [5, 5.41) is 3.45. The molecule has 1 saturated heterocycles. The monoisotopic (exact) mass is 277 g/mol. The van der Waals surface area contributed by atoms with Crippen LogP contribution in [-0.4, -0.2) is 46.7 Å². The lowest BCUT2D eigenvalue weighted by Gasteiger charge is -2.23. The van der Waals surface area contributed by atoms with E-state index in [1.54, 1.807) is 7.11 Å². The molecular weight excluding hydrogens is 250 g/mol. The molecule has 0 aliphatic carbocycles. The van der Waals surface area contributed by atoms with Crippen molar-refractivity contribution in [2.45, 2.75) is 26.7 Å². The number of nitrogens with one attached hydrogen (secondary N) is 1. The lowest BCUT2D eigenvalue weighted by atomic mass is 9.89. The van der Waals surface area contributed by atoms with Crippen molar-refractivity contribution in [3.05, 3.63) is 0 Å². The summed E-state index contributed by atoms with van der Waals surface area (Å²) in [6, 6.07) is 0. The Morgan fingerprint density at radius 3 is 2.56 bits per heavy atom. The van der Waals surface area contributed by atoms with Crippen LogP contribution >= 0.6 is 0 Å². The minimum absolute atomic E-state index is 0.310. The summed E-state index contributed by atoms with van der Waals surface area (Å²) in [6.45, 7) is 6.96. The first-order chi connectivity index (χ1) is 8.44. The van der Waals surface area contributed by atoms with Crippen molar-refractivity contribution in [3.8, 4) is 0 Å². The molecule has 1 N–H and O–H groups in total. The van der Waals surface area contributed by atoms with Gasteiger partial charge in [-0.2, -0.15) is 0 Å². The summed E-state index contributed by atoms with van der Waals surface area (Å²) >= 11 is 0. The molecule has 18 heavy (non-hydrogen) atoms. The fourth-order valence-electron chi connectivity index (χ4n) is 2.53. The fourth-order valence-corrected chi connectivity index (χ4v) is 4.45. The maximum Gasteiger partial charge on any atom is 0.150 e. The molecule has 1 fully saturated rings. The molecule has 1 heterocycles. The lowest BCUT2D eigenvalue weighted by molar-refractivity contribution is 0.162. The summed E-state index contributed by atoms with van der Waals surface area (Å²) in [5.74, 6) is 2.09. The van der Waals surface area contributed by atoms with E-state index in [1.807, 2.05) is 0 Å². The third-order valence-corrected chi connectivity index (χ3v) is 5.38. The zero-order chi connectivity index (χ0) is 13.6. The fraction of sp³-hybridized carbons (Fsp3) is 1.00.